The van der Waals surface area contributed by atoms with Gasteiger partial charge in [-0.15, -0.1) is 0 Å². The number of carbonyl (C=O) groups is 2. The van der Waals surface area contributed by atoms with E-state index in [1.807, 2.05) is 0 Å². The van der Waals surface area contributed by atoms with E-state index in [1.54, 1.807) is 0 Å². The Morgan fingerprint density at radius 1 is 1.38 bits per heavy atom. The number of hydrogen-bond donors (Lipinski definition) is 1. The van der Waals surface area contributed by atoms with Crippen LogP contribution in [0.15, 0.2) is 18.3 Å². The number of ether oxygens (including phenoxy) is 1. The Hall–Kier alpha value is -2.16. The largest absolute Gasteiger partial charge is 0.479 e. The fourth-order valence-electron chi connectivity index (χ4n) is 1.83. The van der Waals surface area contributed by atoms with E-state index in [0.29, 0.717) is 6.20 Å². The third kappa shape index (κ3) is 3.48. The number of carboxylic acid groups (broad SMARTS) is 1. The van der Waals surface area contributed by atoms with Crippen LogP contribution >= 0.6 is 0 Å². The van der Waals surface area contributed by atoms with Crippen molar-refractivity contribution >= 4 is 11.9 Å². The van der Waals surface area contributed by atoms with E-state index in [2.05, 4.69) is 4.98 Å². The zero-order valence-corrected chi connectivity index (χ0v) is 10.6. The van der Waals surface area contributed by atoms with Crippen LogP contribution in [0.4, 0.5) is 13.2 Å². The van der Waals surface area contributed by atoms with Gasteiger partial charge in [0.05, 0.1) is 18.7 Å². The van der Waals surface area contributed by atoms with Gasteiger partial charge in [-0.05, 0) is 12.1 Å². The molecule has 1 aromatic heterocycles. The van der Waals surface area contributed by atoms with Crippen LogP contribution in [0.1, 0.15) is 16.1 Å². The third-order valence-electron chi connectivity index (χ3n) is 2.94. The number of rotatable bonds is 2. The number of aliphatic carboxylic acids is 1. The molecule has 0 saturated carbocycles. The first-order valence-electron chi connectivity index (χ1n) is 5.96. The van der Waals surface area contributed by atoms with Gasteiger partial charge in [0.2, 0.25) is 0 Å². The van der Waals surface area contributed by atoms with Gasteiger partial charge in [0.1, 0.15) is 5.69 Å². The summed E-state index contributed by atoms with van der Waals surface area (Å²) >= 11 is 0. The average Bonchev–Trinajstić information content (AvgIpc) is 2.46. The summed E-state index contributed by atoms with van der Waals surface area (Å²) in [6.07, 6.45) is -5.10. The van der Waals surface area contributed by atoms with E-state index in [4.69, 9.17) is 9.84 Å². The number of pyridine rings is 1. The molecule has 21 heavy (non-hydrogen) atoms. The molecule has 1 unspecified atom stereocenters. The number of carbonyl (C=O) groups excluding carboxylic acids is 1. The number of hydrogen-bond acceptors (Lipinski definition) is 4. The lowest BCUT2D eigenvalue weighted by molar-refractivity contribution is -0.154. The third-order valence-corrected chi connectivity index (χ3v) is 2.94. The van der Waals surface area contributed by atoms with Crippen LogP contribution < -0.4 is 0 Å². The molecular weight excluding hydrogens is 293 g/mol. The van der Waals surface area contributed by atoms with Gasteiger partial charge in [0, 0.05) is 12.7 Å². The van der Waals surface area contributed by atoms with Gasteiger partial charge >= 0.3 is 12.1 Å². The summed E-state index contributed by atoms with van der Waals surface area (Å²) in [6.45, 7) is 0.0333. The summed E-state index contributed by atoms with van der Waals surface area (Å²) < 4.78 is 42.2. The maximum atomic E-state index is 12.4. The molecule has 1 N–H and O–H groups in total. The second-order valence-corrected chi connectivity index (χ2v) is 4.38. The Morgan fingerprint density at radius 2 is 2.10 bits per heavy atom. The number of nitrogens with zero attached hydrogens (tertiary/aromatic N) is 2. The minimum atomic E-state index is -4.53. The zero-order valence-electron chi connectivity index (χ0n) is 10.6. The molecule has 1 aliphatic rings. The monoisotopic (exact) mass is 304 g/mol. The molecule has 0 radical (unpaired) electrons. The summed E-state index contributed by atoms with van der Waals surface area (Å²) in [5.41, 5.74) is -1.13. The van der Waals surface area contributed by atoms with E-state index in [-0.39, 0.29) is 25.4 Å². The Labute approximate surface area is 117 Å². The van der Waals surface area contributed by atoms with Crippen LogP contribution in [0.3, 0.4) is 0 Å². The number of halogens is 3. The molecule has 1 amide bonds. The van der Waals surface area contributed by atoms with Crippen molar-refractivity contribution in [3.63, 3.8) is 0 Å². The summed E-state index contributed by atoms with van der Waals surface area (Å²) in [5.74, 6) is -1.83. The van der Waals surface area contributed by atoms with E-state index >= 15 is 0 Å². The minimum Gasteiger partial charge on any atom is -0.479 e. The Bertz CT molecular complexity index is 544. The van der Waals surface area contributed by atoms with E-state index in [1.165, 1.54) is 4.90 Å². The molecule has 2 rings (SSSR count). The summed E-state index contributed by atoms with van der Waals surface area (Å²) in [7, 11) is 0. The number of carboxylic acids is 1. The highest BCUT2D eigenvalue weighted by atomic mass is 19.4. The Kier molecular flexibility index (Phi) is 4.12. The molecule has 6 nitrogen and oxygen atoms in total. The van der Waals surface area contributed by atoms with Crippen molar-refractivity contribution < 1.29 is 32.6 Å². The van der Waals surface area contributed by atoms with E-state index in [9.17, 15) is 22.8 Å². The topological polar surface area (TPSA) is 79.7 Å². The van der Waals surface area contributed by atoms with Crippen molar-refractivity contribution in [1.29, 1.82) is 0 Å². The average molecular weight is 304 g/mol. The molecule has 1 aliphatic heterocycles. The van der Waals surface area contributed by atoms with Crippen LogP contribution in [0.5, 0.6) is 0 Å². The molecule has 1 aromatic rings. The maximum Gasteiger partial charge on any atom is 0.417 e. The molecule has 0 aliphatic carbocycles. The van der Waals surface area contributed by atoms with Crippen LogP contribution in [0, 0.1) is 0 Å². The summed E-state index contributed by atoms with van der Waals surface area (Å²) in [6, 6.07) is 1.73. The molecule has 0 bridgehead atoms. The standard InChI is InChI=1S/C12H11F3N2O4/c13-12(14,15)7-1-2-8(16-5-7)10(18)17-3-4-21-9(6-17)11(19)20/h1-2,5,9H,3-4,6H2,(H,19,20). The second kappa shape index (κ2) is 5.68. The fourth-order valence-corrected chi connectivity index (χ4v) is 1.83. The lowest BCUT2D eigenvalue weighted by Crippen LogP contribution is -2.48. The quantitative estimate of drug-likeness (QED) is 0.882. The van der Waals surface area contributed by atoms with Crippen molar-refractivity contribution in [2.24, 2.45) is 0 Å². The van der Waals surface area contributed by atoms with Gasteiger partial charge in [0.25, 0.3) is 5.91 Å². The molecule has 1 fully saturated rings. The highest BCUT2D eigenvalue weighted by molar-refractivity contribution is 5.92. The Balaban J connectivity index is 2.11. The highest BCUT2D eigenvalue weighted by Crippen LogP contribution is 2.28. The molecule has 1 atom stereocenters. The first-order chi connectivity index (χ1) is 9.79. The molecule has 0 aromatic carbocycles. The fraction of sp³-hybridized carbons (Fsp3) is 0.417. The van der Waals surface area contributed by atoms with Gasteiger partial charge in [0.15, 0.2) is 6.10 Å². The van der Waals surface area contributed by atoms with Crippen LogP contribution in [0.2, 0.25) is 0 Å². The molecule has 0 spiro atoms. The molecule has 2 heterocycles. The van der Waals surface area contributed by atoms with Crippen molar-refractivity contribution in [2.45, 2.75) is 12.3 Å². The van der Waals surface area contributed by atoms with Gasteiger partial charge < -0.3 is 14.7 Å². The zero-order chi connectivity index (χ0) is 15.6. The second-order valence-electron chi connectivity index (χ2n) is 4.38. The maximum absolute atomic E-state index is 12.4. The van der Waals surface area contributed by atoms with Crippen LogP contribution in [-0.4, -0.2) is 52.7 Å². The van der Waals surface area contributed by atoms with Gasteiger partial charge in [-0.25, -0.2) is 4.79 Å². The van der Waals surface area contributed by atoms with Crippen molar-refractivity contribution in [1.82, 2.24) is 9.88 Å². The van der Waals surface area contributed by atoms with Gasteiger partial charge in [-0.1, -0.05) is 0 Å². The normalized spacial score (nSPS) is 19.4. The smallest absolute Gasteiger partial charge is 0.417 e. The number of alkyl halides is 3. The van der Waals surface area contributed by atoms with Crippen LogP contribution in [0.25, 0.3) is 0 Å². The lowest BCUT2D eigenvalue weighted by atomic mass is 10.2. The van der Waals surface area contributed by atoms with Gasteiger partial charge in [-0.3, -0.25) is 9.78 Å². The van der Waals surface area contributed by atoms with E-state index < -0.39 is 29.7 Å². The first-order valence-corrected chi connectivity index (χ1v) is 5.96. The predicted molar refractivity (Wildman–Crippen MR) is 62.5 cm³/mol. The highest BCUT2D eigenvalue weighted by Gasteiger charge is 2.32. The number of morpholine rings is 1. The molecule has 114 valence electrons. The SMILES string of the molecule is O=C(O)C1CN(C(=O)c2ccc(C(F)(F)F)cn2)CCO1. The van der Waals surface area contributed by atoms with Crippen molar-refractivity contribution in [2.75, 3.05) is 19.7 Å². The summed E-state index contributed by atoms with van der Waals surface area (Å²) in [4.78, 5) is 27.6. The molecular formula is C12H11F3N2O4. The first kappa shape index (κ1) is 15.2. The predicted octanol–water partition coefficient (Wildman–Crippen LogP) is 1.03. The van der Waals surface area contributed by atoms with Gasteiger partial charge in [-0.2, -0.15) is 13.2 Å². The van der Waals surface area contributed by atoms with Crippen LogP contribution in [-0.2, 0) is 15.7 Å². The van der Waals surface area contributed by atoms with Crippen molar-refractivity contribution in [3.05, 3.63) is 29.6 Å². The van der Waals surface area contributed by atoms with Crippen molar-refractivity contribution in [3.8, 4) is 0 Å². The van der Waals surface area contributed by atoms with E-state index in [0.717, 1.165) is 12.1 Å². The molecule has 9 heteroatoms. The minimum absolute atomic E-state index is 0.0450. The number of aromatic nitrogens is 1. The lowest BCUT2D eigenvalue weighted by Gasteiger charge is -2.30. The Morgan fingerprint density at radius 3 is 2.62 bits per heavy atom. The molecule has 1 saturated heterocycles. The number of amides is 1. The summed E-state index contributed by atoms with van der Waals surface area (Å²) in [5, 5.41) is 8.83.